The number of imide groups is 1. The molecule has 21 heavy (non-hydrogen) atoms. The third-order valence-electron chi connectivity index (χ3n) is 4.53. The van der Waals surface area contributed by atoms with Crippen molar-refractivity contribution in [2.24, 2.45) is 5.92 Å². The van der Waals surface area contributed by atoms with Gasteiger partial charge in [0.25, 0.3) is 5.91 Å². The summed E-state index contributed by atoms with van der Waals surface area (Å²) in [7, 11) is 0. The highest BCUT2D eigenvalue weighted by Gasteiger charge is 2.49. The van der Waals surface area contributed by atoms with Crippen molar-refractivity contribution in [1.29, 1.82) is 0 Å². The molecule has 2 saturated heterocycles. The Hall–Kier alpha value is -1.84. The minimum Gasteiger partial charge on any atom is -0.312 e. The molecule has 0 bridgehead atoms. The largest absolute Gasteiger partial charge is 0.328 e. The molecule has 112 valence electrons. The van der Waals surface area contributed by atoms with E-state index in [9.17, 15) is 9.59 Å². The van der Waals surface area contributed by atoms with Gasteiger partial charge in [-0.05, 0) is 30.7 Å². The van der Waals surface area contributed by atoms with E-state index in [4.69, 9.17) is 0 Å². The summed E-state index contributed by atoms with van der Waals surface area (Å²) in [6, 6.07) is 9.38. The van der Waals surface area contributed by atoms with E-state index in [1.54, 1.807) is 4.90 Å². The molecule has 2 aliphatic rings. The first-order chi connectivity index (χ1) is 10.1. The predicted molar refractivity (Wildman–Crippen MR) is 80.6 cm³/mol. The average molecular weight is 286 g/mol. The van der Waals surface area contributed by atoms with Crippen molar-refractivity contribution in [1.82, 2.24) is 9.80 Å². The lowest BCUT2D eigenvalue weighted by Crippen LogP contribution is -2.39. The fourth-order valence-corrected chi connectivity index (χ4v) is 3.55. The number of carbonyl (C=O) groups excluding carboxylic acids is 2. The molecular formula is C17H22N2O2. The molecule has 3 rings (SSSR count). The van der Waals surface area contributed by atoms with Crippen LogP contribution in [0.3, 0.4) is 0 Å². The van der Waals surface area contributed by atoms with Gasteiger partial charge in [0, 0.05) is 6.54 Å². The number of hydrogen-bond donors (Lipinski definition) is 0. The summed E-state index contributed by atoms with van der Waals surface area (Å²) in [4.78, 5) is 28.7. The standard InChI is InChI=1S/C17H22N2O2/c1-12(2)15(13-8-4-3-5-9-13)19-16(20)14-10-6-7-11-18(14)17(19)21/h3-5,8-9,12,14-15H,6-7,10-11H2,1-2H3/t14-,15+/m1/s1. The molecule has 1 aromatic rings. The topological polar surface area (TPSA) is 40.6 Å². The van der Waals surface area contributed by atoms with Gasteiger partial charge in [-0.25, -0.2) is 4.79 Å². The van der Waals surface area contributed by atoms with Crippen LogP contribution in [0.4, 0.5) is 4.79 Å². The van der Waals surface area contributed by atoms with Crippen LogP contribution >= 0.6 is 0 Å². The molecule has 0 unspecified atom stereocenters. The normalized spacial score (nSPS) is 23.7. The Morgan fingerprint density at radius 2 is 1.81 bits per heavy atom. The number of fused-ring (bicyclic) bond motifs is 1. The van der Waals surface area contributed by atoms with Gasteiger partial charge in [-0.2, -0.15) is 0 Å². The first-order valence-electron chi connectivity index (χ1n) is 7.80. The van der Waals surface area contributed by atoms with E-state index in [0.717, 1.165) is 24.8 Å². The molecule has 0 saturated carbocycles. The molecule has 0 N–H and O–H groups in total. The molecule has 2 fully saturated rings. The predicted octanol–water partition coefficient (Wildman–Crippen LogP) is 3.20. The van der Waals surface area contributed by atoms with Crippen LogP contribution in [0.2, 0.25) is 0 Å². The van der Waals surface area contributed by atoms with Gasteiger partial charge in [-0.3, -0.25) is 9.69 Å². The van der Waals surface area contributed by atoms with Crippen molar-refractivity contribution < 1.29 is 9.59 Å². The molecule has 0 radical (unpaired) electrons. The second-order valence-corrected chi connectivity index (χ2v) is 6.30. The fourth-order valence-electron chi connectivity index (χ4n) is 3.55. The Morgan fingerprint density at radius 1 is 1.10 bits per heavy atom. The minimum absolute atomic E-state index is 0.0118. The molecule has 2 heterocycles. The SMILES string of the molecule is CC(C)[C@@H](c1ccccc1)N1C(=O)[C@H]2CCCCN2C1=O. The molecule has 4 nitrogen and oxygen atoms in total. The number of hydrogen-bond acceptors (Lipinski definition) is 2. The zero-order valence-corrected chi connectivity index (χ0v) is 12.7. The molecule has 1 aromatic carbocycles. The third kappa shape index (κ3) is 2.33. The second-order valence-electron chi connectivity index (χ2n) is 6.30. The molecule has 3 amide bonds. The number of benzene rings is 1. The van der Waals surface area contributed by atoms with E-state index < -0.39 is 0 Å². The van der Waals surface area contributed by atoms with Gasteiger partial charge in [0.2, 0.25) is 0 Å². The molecule has 2 aliphatic heterocycles. The Labute approximate surface area is 125 Å². The van der Waals surface area contributed by atoms with E-state index in [-0.39, 0.29) is 29.9 Å². The molecule has 4 heteroatoms. The van der Waals surface area contributed by atoms with Crippen molar-refractivity contribution in [3.8, 4) is 0 Å². The molecular weight excluding hydrogens is 264 g/mol. The summed E-state index contributed by atoms with van der Waals surface area (Å²) < 4.78 is 0. The second kappa shape index (κ2) is 5.51. The average Bonchev–Trinajstić information content (AvgIpc) is 2.74. The van der Waals surface area contributed by atoms with Crippen LogP contribution in [0, 0.1) is 5.92 Å². The zero-order valence-electron chi connectivity index (χ0n) is 12.7. The van der Waals surface area contributed by atoms with E-state index in [1.807, 2.05) is 30.3 Å². The Kier molecular flexibility index (Phi) is 3.70. The molecule has 0 aliphatic carbocycles. The summed E-state index contributed by atoms with van der Waals surface area (Å²) in [5, 5.41) is 0. The smallest absolute Gasteiger partial charge is 0.312 e. The zero-order chi connectivity index (χ0) is 15.0. The van der Waals surface area contributed by atoms with Crippen molar-refractivity contribution >= 4 is 11.9 Å². The van der Waals surface area contributed by atoms with Crippen LogP contribution < -0.4 is 0 Å². The van der Waals surface area contributed by atoms with Gasteiger partial charge in [0.05, 0.1) is 6.04 Å². The molecule has 0 spiro atoms. The number of urea groups is 1. The maximum Gasteiger partial charge on any atom is 0.328 e. The summed E-state index contributed by atoms with van der Waals surface area (Å²) >= 11 is 0. The summed E-state index contributed by atoms with van der Waals surface area (Å²) in [6.45, 7) is 4.84. The number of amides is 3. The lowest BCUT2D eigenvalue weighted by molar-refractivity contribution is -0.131. The van der Waals surface area contributed by atoms with Gasteiger partial charge in [0.15, 0.2) is 0 Å². The van der Waals surface area contributed by atoms with Crippen LogP contribution in [0.5, 0.6) is 0 Å². The Morgan fingerprint density at radius 3 is 2.43 bits per heavy atom. The van der Waals surface area contributed by atoms with Gasteiger partial charge < -0.3 is 4.90 Å². The van der Waals surface area contributed by atoms with E-state index in [1.165, 1.54) is 4.90 Å². The lowest BCUT2D eigenvalue weighted by Gasteiger charge is -2.30. The Bertz CT molecular complexity index is 517. The fraction of sp³-hybridized carbons (Fsp3) is 0.529. The first-order valence-corrected chi connectivity index (χ1v) is 7.80. The van der Waals surface area contributed by atoms with Crippen LogP contribution in [-0.2, 0) is 4.79 Å². The summed E-state index contributed by atoms with van der Waals surface area (Å²) in [6.07, 6.45) is 2.84. The number of carbonyl (C=O) groups is 2. The van der Waals surface area contributed by atoms with Crippen LogP contribution in [0.1, 0.15) is 44.7 Å². The van der Waals surface area contributed by atoms with Gasteiger partial charge in [-0.1, -0.05) is 44.2 Å². The summed E-state index contributed by atoms with van der Waals surface area (Å²) in [5.41, 5.74) is 1.04. The van der Waals surface area contributed by atoms with Crippen molar-refractivity contribution in [2.75, 3.05) is 6.54 Å². The van der Waals surface area contributed by atoms with Gasteiger partial charge in [-0.15, -0.1) is 0 Å². The minimum atomic E-state index is -0.226. The quantitative estimate of drug-likeness (QED) is 0.801. The van der Waals surface area contributed by atoms with Crippen molar-refractivity contribution in [3.05, 3.63) is 35.9 Å². The lowest BCUT2D eigenvalue weighted by atomic mass is 9.94. The summed E-state index contributed by atoms with van der Waals surface area (Å²) in [5.74, 6) is 0.184. The molecule has 0 aromatic heterocycles. The van der Waals surface area contributed by atoms with Crippen LogP contribution in [0.15, 0.2) is 30.3 Å². The van der Waals surface area contributed by atoms with Crippen molar-refractivity contribution in [2.45, 2.75) is 45.2 Å². The third-order valence-corrected chi connectivity index (χ3v) is 4.53. The molecule has 2 atom stereocenters. The monoisotopic (exact) mass is 286 g/mol. The Balaban J connectivity index is 1.96. The first kappa shape index (κ1) is 14.1. The highest BCUT2D eigenvalue weighted by atomic mass is 16.2. The van der Waals surface area contributed by atoms with E-state index in [2.05, 4.69) is 13.8 Å². The van der Waals surface area contributed by atoms with Gasteiger partial charge >= 0.3 is 6.03 Å². The number of rotatable bonds is 3. The van der Waals surface area contributed by atoms with Gasteiger partial charge in [0.1, 0.15) is 6.04 Å². The van der Waals surface area contributed by atoms with Crippen molar-refractivity contribution in [3.63, 3.8) is 0 Å². The highest BCUT2D eigenvalue weighted by Crippen LogP contribution is 2.36. The van der Waals surface area contributed by atoms with Crippen LogP contribution in [0.25, 0.3) is 0 Å². The maximum atomic E-state index is 12.7. The van der Waals surface area contributed by atoms with E-state index in [0.29, 0.717) is 6.54 Å². The van der Waals surface area contributed by atoms with Crippen LogP contribution in [-0.4, -0.2) is 34.3 Å². The van der Waals surface area contributed by atoms with E-state index >= 15 is 0 Å². The number of nitrogens with zero attached hydrogens (tertiary/aromatic N) is 2. The maximum absolute atomic E-state index is 12.7. The number of piperidine rings is 1. The highest BCUT2D eigenvalue weighted by molar-refractivity contribution is 6.04.